The summed E-state index contributed by atoms with van der Waals surface area (Å²) < 4.78 is 44.6. The van der Waals surface area contributed by atoms with E-state index >= 15 is 0 Å². The number of amides is 1. The van der Waals surface area contributed by atoms with Gasteiger partial charge in [-0.15, -0.1) is 34.0 Å². The van der Waals surface area contributed by atoms with E-state index in [1.165, 1.54) is 64.3 Å². The van der Waals surface area contributed by atoms with Crippen LogP contribution in [0.4, 0.5) is 23.8 Å². The summed E-state index contributed by atoms with van der Waals surface area (Å²) in [5.74, 6) is -1.62. The summed E-state index contributed by atoms with van der Waals surface area (Å²) >= 11 is 4.22. The molecule has 18 heteroatoms. The van der Waals surface area contributed by atoms with Gasteiger partial charge in [0.05, 0.1) is 24.1 Å². The van der Waals surface area contributed by atoms with E-state index in [4.69, 9.17) is 13.3 Å². The zero-order valence-electron chi connectivity index (χ0n) is 45.6. The first kappa shape index (κ1) is 59.7. The third kappa shape index (κ3) is 13.0. The molecule has 85 heavy (non-hydrogen) atoms. The molecule has 0 saturated heterocycles. The van der Waals surface area contributed by atoms with E-state index in [0.717, 1.165) is 68.8 Å². The number of aryl methyl sites for hydroxylation is 1. The molecule has 0 aliphatic heterocycles. The number of nitrogens with zero attached hydrogens (tertiary/aromatic N) is 3. The van der Waals surface area contributed by atoms with Gasteiger partial charge < -0.3 is 43.3 Å². The van der Waals surface area contributed by atoms with Crippen molar-refractivity contribution in [2.24, 2.45) is 0 Å². The summed E-state index contributed by atoms with van der Waals surface area (Å²) in [6.45, 7) is 13.4. The molecule has 0 saturated carbocycles. The summed E-state index contributed by atoms with van der Waals surface area (Å²) in [7, 11) is 5.59. The Morgan fingerprint density at radius 3 is 1.54 bits per heavy atom. The number of hydrogen-bond acceptors (Lipinski definition) is 15. The Bertz CT molecular complexity index is 4770. The highest BCUT2D eigenvalue weighted by Gasteiger charge is 2.21. The van der Waals surface area contributed by atoms with Crippen LogP contribution in [0.3, 0.4) is 0 Å². The van der Waals surface area contributed by atoms with Crippen molar-refractivity contribution in [3.63, 3.8) is 0 Å². The van der Waals surface area contributed by atoms with Gasteiger partial charge in [0.2, 0.25) is 0 Å². The number of hydrogen-bond donors (Lipinski definition) is 3. The lowest BCUT2D eigenvalue weighted by atomic mass is 9.99. The van der Waals surface area contributed by atoms with Crippen molar-refractivity contribution in [1.82, 2.24) is 0 Å². The second kappa shape index (κ2) is 24.9. The first-order valence-electron chi connectivity index (χ1n) is 25.8. The molecule has 12 aromatic rings. The van der Waals surface area contributed by atoms with Crippen LogP contribution in [0.2, 0.25) is 0 Å². The number of rotatable bonds is 12. The highest BCUT2D eigenvalue weighted by molar-refractivity contribution is 7.23. The zero-order valence-corrected chi connectivity index (χ0v) is 48.0. The van der Waals surface area contributed by atoms with Gasteiger partial charge in [0, 0.05) is 58.0 Å². The Balaban J connectivity index is 0.000000152. The van der Waals surface area contributed by atoms with Crippen molar-refractivity contribution in [1.29, 1.82) is 0 Å². The fourth-order valence-corrected chi connectivity index (χ4v) is 12.4. The molecule has 3 N–H and O–H groups in total. The molecule has 0 aliphatic carbocycles. The third-order valence-corrected chi connectivity index (χ3v) is 17.1. The van der Waals surface area contributed by atoms with Gasteiger partial charge in [-0.2, -0.15) is 0 Å². The van der Waals surface area contributed by atoms with Crippen LogP contribution in [0, 0.1) is 18.6 Å². The molecule has 0 atom stereocenters. The van der Waals surface area contributed by atoms with Crippen molar-refractivity contribution in [3.05, 3.63) is 259 Å². The van der Waals surface area contributed by atoms with Gasteiger partial charge in [-0.25, -0.2) is 23.2 Å². The monoisotopic (exact) mass is 1200 g/mol. The summed E-state index contributed by atoms with van der Waals surface area (Å²) in [5.41, 5.74) is 5.35. The molecule has 0 spiro atoms. The number of thiophene rings is 3. The van der Waals surface area contributed by atoms with Crippen molar-refractivity contribution < 1.29 is 42.1 Å². The molecule has 0 aliphatic rings. The molecule has 0 unspecified atom stereocenters. The Hall–Kier alpha value is -9.88. The van der Waals surface area contributed by atoms with Crippen molar-refractivity contribution in [2.75, 3.05) is 35.8 Å². The highest BCUT2D eigenvalue weighted by atomic mass is 32.1. The molecule has 0 radical (unpaired) electrons. The highest BCUT2D eigenvalue weighted by Crippen LogP contribution is 2.37. The Morgan fingerprint density at radius 1 is 0.506 bits per heavy atom. The van der Waals surface area contributed by atoms with Gasteiger partial charge in [-0.1, -0.05) is 112 Å². The summed E-state index contributed by atoms with van der Waals surface area (Å²) in [6.07, 6.45) is 0. The van der Waals surface area contributed by atoms with E-state index in [1.54, 1.807) is 48.3 Å². The number of aliphatic hydroxyl groups is 3. The van der Waals surface area contributed by atoms with Crippen LogP contribution in [-0.2, 0) is 13.1 Å². The molecular weight excluding hydrogens is 1140 g/mol. The fraction of sp³-hybridized carbons (Fsp3) is 0.104. The maximum atomic E-state index is 13.3. The van der Waals surface area contributed by atoms with Crippen LogP contribution in [0.1, 0.15) is 51.2 Å². The van der Waals surface area contributed by atoms with Crippen LogP contribution < -0.4 is 31.6 Å². The van der Waals surface area contributed by atoms with E-state index in [2.05, 4.69) is 24.6 Å². The van der Waals surface area contributed by atoms with Crippen LogP contribution in [0.25, 0.3) is 80.8 Å². The smallest absolute Gasteiger partial charge is 0.347 e. The van der Waals surface area contributed by atoms with Gasteiger partial charge in [0.25, 0.3) is 5.91 Å². The van der Waals surface area contributed by atoms with Gasteiger partial charge >= 0.3 is 16.9 Å². The largest absolute Gasteiger partial charge is 0.508 e. The van der Waals surface area contributed by atoms with Crippen LogP contribution in [-0.4, -0.2) is 42.4 Å². The number of anilines is 3. The minimum absolute atomic E-state index is 0. The molecule has 6 heterocycles. The third-order valence-electron chi connectivity index (χ3n) is 13.7. The minimum atomic E-state index is -0.664. The van der Waals surface area contributed by atoms with Crippen molar-refractivity contribution in [2.45, 2.75) is 27.4 Å². The zero-order chi connectivity index (χ0) is 59.7. The maximum absolute atomic E-state index is 13.3. The number of halogens is 2. The second-order valence-electron chi connectivity index (χ2n) is 19.7. The lowest BCUT2D eigenvalue weighted by molar-refractivity contribution is 0.0995. The fourth-order valence-electron chi connectivity index (χ4n) is 9.38. The molecule has 6 aromatic carbocycles. The van der Waals surface area contributed by atoms with E-state index < -0.39 is 16.9 Å². The van der Waals surface area contributed by atoms with E-state index in [1.807, 2.05) is 117 Å². The first-order chi connectivity index (χ1) is 40.2. The lowest BCUT2D eigenvalue weighted by Crippen LogP contribution is -2.25. The molecule has 6 aromatic heterocycles. The van der Waals surface area contributed by atoms with Gasteiger partial charge in [-0.3, -0.25) is 4.79 Å². The van der Waals surface area contributed by atoms with E-state index in [0.29, 0.717) is 45.1 Å². The number of carbonyl (C=O) groups excluding carboxylic acids is 1. The summed E-state index contributed by atoms with van der Waals surface area (Å²) in [4.78, 5) is 54.6. The Labute approximate surface area is 497 Å². The lowest BCUT2D eigenvalue weighted by Gasteiger charge is -2.19. The molecule has 0 fully saturated rings. The van der Waals surface area contributed by atoms with Crippen molar-refractivity contribution >= 4 is 125 Å². The predicted octanol–water partition coefficient (Wildman–Crippen LogP) is 16.9. The quantitative estimate of drug-likeness (QED) is 0.0988. The van der Waals surface area contributed by atoms with E-state index in [-0.39, 0.29) is 58.9 Å². The first-order valence-corrected chi connectivity index (χ1v) is 28.2. The number of aliphatic hydroxyl groups excluding tert-OH is 3. The van der Waals surface area contributed by atoms with Gasteiger partial charge in [0.1, 0.15) is 50.6 Å². The van der Waals surface area contributed by atoms with Crippen LogP contribution in [0.15, 0.2) is 205 Å². The standard InChI is InChI=1S/C23H18FNO3S.C22H17NO4S.C21H16FNO3S.CH4/c1-14(26)19-11-21-20(28-23(19)27)12-22(29-21)25(2)13-16-5-3-4-6-18(16)15-7-9-17(24)10-8-15;1-12-8-14-6-4-5-7-15(14)17(9-12)21(25)23(3)20-11-18-19(28-20)10-16(13(2)24)22(26)27-18;1-12(24)17-9-19-18(26-21(17)25)10-20(27-19)23(2)11-13-3-4-15-8-16(22)6-5-14(15)7-13;/h3-12,26H,1,13H2,2H3;4-11,24H,2H2,1,3H3;3-10,24H,1,11H2,2H3;1H4. The molecular formula is C67H55F2N3O10S3. The average molecular weight is 1200 g/mol. The predicted molar refractivity (Wildman–Crippen MR) is 344 cm³/mol. The number of fused-ring (bicyclic) bond motifs is 5. The minimum Gasteiger partial charge on any atom is -0.508 e. The topological polar surface area (TPSA) is 178 Å². The molecule has 0 bridgehead atoms. The van der Waals surface area contributed by atoms with Crippen LogP contribution >= 0.6 is 34.0 Å². The van der Waals surface area contributed by atoms with Crippen LogP contribution in [0.5, 0.6) is 0 Å². The van der Waals surface area contributed by atoms with Gasteiger partial charge in [0.15, 0.2) is 16.7 Å². The average Bonchev–Trinajstić information content (AvgIpc) is 2.47. The van der Waals surface area contributed by atoms with Gasteiger partial charge in [-0.05, 0) is 111 Å². The summed E-state index contributed by atoms with van der Waals surface area (Å²) in [6, 6.07) is 46.8. The SMILES string of the molecule is C.C=C(O)c1cc2sc(N(C)C(=O)c3cc(C)cc4ccccc34)cc2oc1=O.C=C(O)c1cc2sc(N(C)Cc3ccc4cc(F)ccc4c3)cc2oc1=O.C=C(O)c1cc2sc(N(C)Cc3ccccc3-c3ccc(F)cc3)cc2oc1=O. The number of carbonyl (C=O) groups is 1. The Kier molecular flexibility index (Phi) is 17.5. The Morgan fingerprint density at radius 2 is 0.976 bits per heavy atom. The maximum Gasteiger partial charge on any atom is 0.347 e. The second-order valence-corrected chi connectivity index (χ2v) is 22.9. The molecule has 12 rings (SSSR count). The normalized spacial score (nSPS) is 10.9. The number of benzene rings is 6. The molecule has 13 nitrogen and oxygen atoms in total. The molecule has 430 valence electrons. The van der Waals surface area contributed by atoms with E-state index in [9.17, 15) is 43.3 Å². The molecule has 1 amide bonds. The summed E-state index contributed by atoms with van der Waals surface area (Å²) in [5, 5.41) is 34.8. The van der Waals surface area contributed by atoms with Crippen molar-refractivity contribution in [3.8, 4) is 11.1 Å².